The summed E-state index contributed by atoms with van der Waals surface area (Å²) in [6.07, 6.45) is 2.28. The zero-order chi connectivity index (χ0) is 9.26. The van der Waals surface area contributed by atoms with Gasteiger partial charge >= 0.3 is 0 Å². The number of methoxy groups -OCH3 is 1. The summed E-state index contributed by atoms with van der Waals surface area (Å²) in [7, 11) is 1.60. The van der Waals surface area contributed by atoms with E-state index in [2.05, 4.69) is 10.3 Å². The van der Waals surface area contributed by atoms with Crippen LogP contribution >= 0.6 is 11.3 Å². The van der Waals surface area contributed by atoms with Crippen molar-refractivity contribution in [3.05, 3.63) is 11.1 Å². The number of rotatable bonds is 2. The van der Waals surface area contributed by atoms with Gasteiger partial charge in [0.25, 0.3) is 5.19 Å². The average molecular weight is 200 g/mol. The molecule has 0 amide bonds. The van der Waals surface area contributed by atoms with Crippen LogP contribution in [0.2, 0.25) is 0 Å². The van der Waals surface area contributed by atoms with Crippen molar-refractivity contribution in [2.75, 3.05) is 13.7 Å². The maximum absolute atomic E-state index is 9.60. The Morgan fingerprint density at radius 1 is 1.77 bits per heavy atom. The van der Waals surface area contributed by atoms with Crippen LogP contribution in [-0.4, -0.2) is 29.8 Å². The fraction of sp³-hybridized carbons (Fsp3) is 0.625. The molecule has 2 heterocycles. The maximum atomic E-state index is 9.60. The summed E-state index contributed by atoms with van der Waals surface area (Å²) in [6.45, 7) is 0.867. The highest BCUT2D eigenvalue weighted by Crippen LogP contribution is 2.30. The number of nitrogens with zero attached hydrogens (tertiary/aromatic N) is 1. The van der Waals surface area contributed by atoms with E-state index in [9.17, 15) is 5.11 Å². The Hall–Kier alpha value is -0.650. The molecule has 2 unspecified atom stereocenters. The molecule has 1 aliphatic heterocycles. The minimum atomic E-state index is -0.287. The van der Waals surface area contributed by atoms with Gasteiger partial charge in [0.2, 0.25) is 0 Å². The van der Waals surface area contributed by atoms with Crippen molar-refractivity contribution in [3.8, 4) is 5.19 Å². The highest BCUT2D eigenvalue weighted by atomic mass is 32.1. The van der Waals surface area contributed by atoms with Crippen LogP contribution in [0.25, 0.3) is 0 Å². The van der Waals surface area contributed by atoms with Crippen molar-refractivity contribution >= 4 is 11.3 Å². The topological polar surface area (TPSA) is 54.4 Å². The Bertz CT molecular complexity index is 289. The lowest BCUT2D eigenvalue weighted by Gasteiger charge is -2.10. The molecule has 13 heavy (non-hydrogen) atoms. The van der Waals surface area contributed by atoms with E-state index in [1.807, 2.05) is 0 Å². The van der Waals surface area contributed by atoms with Crippen LogP contribution in [0.3, 0.4) is 0 Å². The first-order chi connectivity index (χ1) is 6.31. The second kappa shape index (κ2) is 3.61. The van der Waals surface area contributed by atoms with E-state index in [1.54, 1.807) is 13.3 Å². The molecule has 2 rings (SSSR count). The lowest BCUT2D eigenvalue weighted by Crippen LogP contribution is -2.19. The van der Waals surface area contributed by atoms with E-state index in [1.165, 1.54) is 11.3 Å². The van der Waals surface area contributed by atoms with Crippen molar-refractivity contribution in [1.82, 2.24) is 10.3 Å². The van der Waals surface area contributed by atoms with Gasteiger partial charge in [-0.1, -0.05) is 11.3 Å². The second-order valence-electron chi connectivity index (χ2n) is 3.02. The number of ether oxygens (including phenoxy) is 1. The zero-order valence-electron chi connectivity index (χ0n) is 7.36. The van der Waals surface area contributed by atoms with Crippen LogP contribution in [0.5, 0.6) is 5.19 Å². The van der Waals surface area contributed by atoms with Crippen molar-refractivity contribution < 1.29 is 9.84 Å². The largest absolute Gasteiger partial charge is 0.473 e. The molecule has 0 saturated carbocycles. The Labute approximate surface area is 80.6 Å². The molecule has 1 aromatic rings. The number of aliphatic hydroxyl groups is 1. The molecule has 1 fully saturated rings. The van der Waals surface area contributed by atoms with E-state index in [0.717, 1.165) is 17.8 Å². The molecule has 1 saturated heterocycles. The molecule has 5 heteroatoms. The van der Waals surface area contributed by atoms with E-state index >= 15 is 0 Å². The van der Waals surface area contributed by atoms with Crippen LogP contribution in [-0.2, 0) is 0 Å². The molecule has 1 aromatic heterocycles. The third-order valence-electron chi connectivity index (χ3n) is 2.17. The summed E-state index contributed by atoms with van der Waals surface area (Å²) in [4.78, 5) is 5.10. The Balaban J connectivity index is 2.15. The van der Waals surface area contributed by atoms with Crippen molar-refractivity contribution in [3.63, 3.8) is 0 Å². The van der Waals surface area contributed by atoms with E-state index in [4.69, 9.17) is 4.74 Å². The lowest BCUT2D eigenvalue weighted by molar-refractivity contribution is 0.161. The molecule has 1 aliphatic rings. The van der Waals surface area contributed by atoms with E-state index < -0.39 is 0 Å². The highest BCUT2D eigenvalue weighted by Gasteiger charge is 2.27. The SMILES string of the molecule is COc1ncc(C2NCCC2O)s1. The van der Waals surface area contributed by atoms with Crippen molar-refractivity contribution in [2.24, 2.45) is 0 Å². The quantitative estimate of drug-likeness (QED) is 0.732. The summed E-state index contributed by atoms with van der Waals surface area (Å²) in [5, 5.41) is 13.5. The number of hydrogen-bond acceptors (Lipinski definition) is 5. The number of hydrogen-bond donors (Lipinski definition) is 2. The van der Waals surface area contributed by atoms with Crippen molar-refractivity contribution in [1.29, 1.82) is 0 Å². The van der Waals surface area contributed by atoms with Gasteiger partial charge in [0.1, 0.15) is 0 Å². The molecule has 0 radical (unpaired) electrons. The maximum Gasteiger partial charge on any atom is 0.273 e. The van der Waals surface area contributed by atoms with Gasteiger partial charge in [-0.15, -0.1) is 0 Å². The third-order valence-corrected chi connectivity index (χ3v) is 3.21. The average Bonchev–Trinajstić information content (AvgIpc) is 2.71. The van der Waals surface area contributed by atoms with Crippen LogP contribution < -0.4 is 10.1 Å². The first-order valence-electron chi connectivity index (χ1n) is 4.22. The third kappa shape index (κ3) is 1.67. The standard InChI is InChI=1S/C8H12N2O2S/c1-12-8-10-4-6(13-8)7-5(11)2-3-9-7/h4-5,7,9,11H,2-3H2,1H3. The first kappa shape index (κ1) is 8.93. The van der Waals surface area contributed by atoms with Crippen LogP contribution in [0.15, 0.2) is 6.20 Å². The second-order valence-corrected chi connectivity index (χ2v) is 4.05. The summed E-state index contributed by atoms with van der Waals surface area (Å²) in [5.74, 6) is 0. The Kier molecular flexibility index (Phi) is 2.48. The molecule has 2 N–H and O–H groups in total. The van der Waals surface area contributed by atoms with Gasteiger partial charge in [-0.05, 0) is 13.0 Å². The van der Waals surface area contributed by atoms with Gasteiger partial charge in [0.05, 0.1) is 19.3 Å². The monoisotopic (exact) mass is 200 g/mol. The van der Waals surface area contributed by atoms with Gasteiger partial charge in [0.15, 0.2) is 0 Å². The van der Waals surface area contributed by atoms with Gasteiger partial charge in [-0.25, -0.2) is 4.98 Å². The van der Waals surface area contributed by atoms with Crippen LogP contribution in [0, 0.1) is 0 Å². The number of aromatic nitrogens is 1. The van der Waals surface area contributed by atoms with Gasteiger partial charge in [-0.2, -0.15) is 0 Å². The van der Waals surface area contributed by atoms with Gasteiger partial charge < -0.3 is 15.2 Å². The molecule has 0 aliphatic carbocycles. The molecule has 0 aromatic carbocycles. The first-order valence-corrected chi connectivity index (χ1v) is 5.04. The minimum absolute atomic E-state index is 0.0430. The molecule has 0 bridgehead atoms. The molecule has 4 nitrogen and oxygen atoms in total. The van der Waals surface area contributed by atoms with Crippen LogP contribution in [0.4, 0.5) is 0 Å². The summed E-state index contributed by atoms with van der Waals surface area (Å²) < 4.78 is 4.99. The fourth-order valence-corrected chi connectivity index (χ4v) is 2.35. The summed E-state index contributed by atoms with van der Waals surface area (Å²) in [6, 6.07) is 0.0430. The molecular formula is C8H12N2O2S. The van der Waals surface area contributed by atoms with Gasteiger partial charge in [-0.3, -0.25) is 0 Å². The predicted molar refractivity (Wildman–Crippen MR) is 50.0 cm³/mol. The van der Waals surface area contributed by atoms with Gasteiger partial charge in [0, 0.05) is 11.1 Å². The van der Waals surface area contributed by atoms with E-state index in [-0.39, 0.29) is 12.1 Å². The Morgan fingerprint density at radius 2 is 2.62 bits per heavy atom. The lowest BCUT2D eigenvalue weighted by atomic mass is 10.1. The minimum Gasteiger partial charge on any atom is -0.473 e. The summed E-state index contributed by atoms with van der Waals surface area (Å²) >= 11 is 1.48. The smallest absolute Gasteiger partial charge is 0.273 e. The highest BCUT2D eigenvalue weighted by molar-refractivity contribution is 7.13. The number of thiazole rings is 1. The zero-order valence-corrected chi connectivity index (χ0v) is 8.17. The summed E-state index contributed by atoms with van der Waals surface area (Å²) in [5.41, 5.74) is 0. The van der Waals surface area contributed by atoms with E-state index in [0.29, 0.717) is 5.19 Å². The number of nitrogens with one attached hydrogen (secondary N) is 1. The Morgan fingerprint density at radius 3 is 3.15 bits per heavy atom. The normalized spacial score (nSPS) is 27.8. The van der Waals surface area contributed by atoms with Crippen LogP contribution in [0.1, 0.15) is 17.3 Å². The number of aliphatic hydroxyl groups excluding tert-OH is 1. The predicted octanol–water partition coefficient (Wildman–Crippen LogP) is 0.547. The molecule has 2 atom stereocenters. The van der Waals surface area contributed by atoms with Crippen molar-refractivity contribution in [2.45, 2.75) is 18.6 Å². The fourth-order valence-electron chi connectivity index (χ4n) is 1.49. The molecule has 72 valence electrons. The molecular weight excluding hydrogens is 188 g/mol. The molecule has 0 spiro atoms.